The Bertz CT molecular complexity index is 199. The molecule has 5 nitrogen and oxygen atoms in total. The summed E-state index contributed by atoms with van der Waals surface area (Å²) in [5.74, 6) is -1.25. The normalized spacial score (nSPS) is 13.8. The number of methoxy groups -OCH3 is 1. The first-order valence-electron chi connectivity index (χ1n) is 4.38. The molecule has 0 aliphatic carbocycles. The van der Waals surface area contributed by atoms with Crippen molar-refractivity contribution in [2.45, 2.75) is 25.4 Å². The smallest absolute Gasteiger partial charge is 0.372 e. The average molecular weight is 204 g/mol. The number of aliphatic hydroxyl groups is 3. The molecule has 0 radical (unpaired) electrons. The van der Waals surface area contributed by atoms with Crippen LogP contribution in [-0.4, -0.2) is 41.1 Å². The van der Waals surface area contributed by atoms with Crippen LogP contribution in [0.2, 0.25) is 0 Å². The molecule has 0 aromatic heterocycles. The maximum atomic E-state index is 10.7. The first kappa shape index (κ1) is 12.9. The van der Waals surface area contributed by atoms with Crippen LogP contribution in [0.15, 0.2) is 11.8 Å². The summed E-state index contributed by atoms with van der Waals surface area (Å²) in [6, 6.07) is 0. The lowest BCUT2D eigenvalue weighted by atomic mass is 10.1. The fraction of sp³-hybridized carbons (Fsp3) is 0.667. The molecule has 0 aliphatic rings. The molecular weight excluding hydrogens is 188 g/mol. The highest BCUT2D eigenvalue weighted by atomic mass is 16.5. The van der Waals surface area contributed by atoms with E-state index in [9.17, 15) is 9.90 Å². The van der Waals surface area contributed by atoms with Gasteiger partial charge in [0.15, 0.2) is 5.76 Å². The molecule has 0 bridgehead atoms. The molecule has 0 saturated heterocycles. The van der Waals surface area contributed by atoms with Crippen LogP contribution in [-0.2, 0) is 9.53 Å². The van der Waals surface area contributed by atoms with Gasteiger partial charge in [0.2, 0.25) is 0 Å². The zero-order valence-electron chi connectivity index (χ0n) is 8.14. The summed E-state index contributed by atoms with van der Waals surface area (Å²) < 4.78 is 4.26. The first-order valence-corrected chi connectivity index (χ1v) is 4.38. The van der Waals surface area contributed by atoms with Gasteiger partial charge in [-0.1, -0.05) is 0 Å². The Kier molecular flexibility index (Phi) is 6.78. The van der Waals surface area contributed by atoms with Crippen LogP contribution in [0.25, 0.3) is 0 Å². The van der Waals surface area contributed by atoms with E-state index in [-0.39, 0.29) is 6.61 Å². The summed E-state index contributed by atoms with van der Waals surface area (Å²) >= 11 is 0. The molecule has 0 saturated carbocycles. The maximum Gasteiger partial charge on any atom is 0.372 e. The van der Waals surface area contributed by atoms with E-state index in [0.29, 0.717) is 19.3 Å². The summed E-state index contributed by atoms with van der Waals surface area (Å²) in [5.41, 5.74) is 0. The molecule has 0 spiro atoms. The lowest BCUT2D eigenvalue weighted by molar-refractivity contribution is -0.139. The second-order valence-electron chi connectivity index (χ2n) is 2.82. The van der Waals surface area contributed by atoms with Gasteiger partial charge in [-0.3, -0.25) is 0 Å². The summed E-state index contributed by atoms with van der Waals surface area (Å²) in [4.78, 5) is 10.7. The van der Waals surface area contributed by atoms with Crippen molar-refractivity contribution in [1.29, 1.82) is 0 Å². The highest BCUT2D eigenvalue weighted by Gasteiger charge is 2.07. The molecule has 0 amide bonds. The van der Waals surface area contributed by atoms with E-state index in [0.717, 1.165) is 0 Å². The van der Waals surface area contributed by atoms with Gasteiger partial charge in [-0.05, 0) is 25.3 Å². The second-order valence-corrected chi connectivity index (χ2v) is 2.82. The second kappa shape index (κ2) is 7.34. The van der Waals surface area contributed by atoms with E-state index < -0.39 is 17.8 Å². The lowest BCUT2D eigenvalue weighted by Gasteiger charge is -2.05. The predicted octanol–water partition coefficient (Wildman–Crippen LogP) is 0.125. The van der Waals surface area contributed by atoms with Crippen molar-refractivity contribution in [3.05, 3.63) is 11.8 Å². The monoisotopic (exact) mass is 204 g/mol. The largest absolute Gasteiger partial charge is 0.502 e. The zero-order chi connectivity index (χ0) is 11.0. The number of hydrogen-bond donors (Lipinski definition) is 3. The third-order valence-corrected chi connectivity index (χ3v) is 1.69. The van der Waals surface area contributed by atoms with Crippen molar-refractivity contribution >= 4 is 5.97 Å². The quantitative estimate of drug-likeness (QED) is 0.325. The fourth-order valence-corrected chi connectivity index (χ4v) is 0.894. The molecule has 0 aromatic rings. The van der Waals surface area contributed by atoms with Gasteiger partial charge in [0.05, 0.1) is 13.2 Å². The number of carbonyl (C=O) groups excluding carboxylic acids is 1. The Balaban J connectivity index is 3.75. The molecule has 1 atom stereocenters. The van der Waals surface area contributed by atoms with Crippen LogP contribution >= 0.6 is 0 Å². The van der Waals surface area contributed by atoms with Crippen molar-refractivity contribution < 1.29 is 24.9 Å². The van der Waals surface area contributed by atoms with E-state index in [4.69, 9.17) is 10.2 Å². The minimum Gasteiger partial charge on any atom is -0.502 e. The van der Waals surface area contributed by atoms with Gasteiger partial charge < -0.3 is 20.1 Å². The van der Waals surface area contributed by atoms with Crippen LogP contribution in [0, 0.1) is 0 Å². The first-order chi connectivity index (χ1) is 6.61. The topological polar surface area (TPSA) is 87.0 Å². The fourth-order valence-electron chi connectivity index (χ4n) is 0.894. The number of ether oxygens (including phenoxy) is 1. The Morgan fingerprint density at radius 1 is 1.50 bits per heavy atom. The third kappa shape index (κ3) is 5.55. The molecule has 0 rings (SSSR count). The summed E-state index contributed by atoms with van der Waals surface area (Å²) in [7, 11) is 1.17. The van der Waals surface area contributed by atoms with Gasteiger partial charge in [0, 0.05) is 6.61 Å². The minimum absolute atomic E-state index is 0.0755. The highest BCUT2D eigenvalue weighted by Crippen LogP contribution is 2.04. The maximum absolute atomic E-state index is 10.7. The standard InChI is InChI=1S/C9H16O5/c1-14-9(13)8(12)4-2-3-7(11)5-6-10/h4,7,10-12H,2-3,5-6H2,1H3/b8-4+/t7-/m1/s1. The SMILES string of the molecule is COC(=O)/C(O)=C\CC[C@@H](O)CCO. The number of carbonyl (C=O) groups is 1. The summed E-state index contributed by atoms with van der Waals surface area (Å²) in [5, 5.41) is 26.7. The molecule has 0 unspecified atom stereocenters. The summed E-state index contributed by atoms with van der Waals surface area (Å²) in [6.07, 6.45) is 1.73. The van der Waals surface area contributed by atoms with Crippen LogP contribution in [0.4, 0.5) is 0 Å². The van der Waals surface area contributed by atoms with Crippen molar-refractivity contribution in [3.8, 4) is 0 Å². The predicted molar refractivity (Wildman–Crippen MR) is 49.7 cm³/mol. The molecule has 3 N–H and O–H groups in total. The number of hydrogen-bond acceptors (Lipinski definition) is 5. The molecule has 0 fully saturated rings. The van der Waals surface area contributed by atoms with E-state index in [1.165, 1.54) is 13.2 Å². The Morgan fingerprint density at radius 3 is 2.64 bits per heavy atom. The molecule has 0 aromatic carbocycles. The van der Waals surface area contributed by atoms with E-state index in [2.05, 4.69) is 4.74 Å². The Hall–Kier alpha value is -1.07. The van der Waals surface area contributed by atoms with Gasteiger partial charge in [-0.15, -0.1) is 0 Å². The number of aliphatic hydroxyl groups excluding tert-OH is 3. The number of esters is 1. The lowest BCUT2D eigenvalue weighted by Crippen LogP contribution is -2.08. The van der Waals surface area contributed by atoms with Crippen molar-refractivity contribution in [2.75, 3.05) is 13.7 Å². The Morgan fingerprint density at radius 2 is 2.14 bits per heavy atom. The number of rotatable bonds is 6. The highest BCUT2D eigenvalue weighted by molar-refractivity contribution is 5.85. The molecule has 82 valence electrons. The summed E-state index contributed by atoms with van der Waals surface area (Å²) in [6.45, 7) is -0.0755. The van der Waals surface area contributed by atoms with E-state index >= 15 is 0 Å². The van der Waals surface area contributed by atoms with Crippen molar-refractivity contribution in [3.63, 3.8) is 0 Å². The molecular formula is C9H16O5. The van der Waals surface area contributed by atoms with Crippen LogP contribution in [0.1, 0.15) is 19.3 Å². The molecule has 5 heteroatoms. The van der Waals surface area contributed by atoms with Crippen LogP contribution < -0.4 is 0 Å². The van der Waals surface area contributed by atoms with Gasteiger partial charge in [-0.25, -0.2) is 4.79 Å². The van der Waals surface area contributed by atoms with Crippen molar-refractivity contribution in [1.82, 2.24) is 0 Å². The molecule has 0 aliphatic heterocycles. The van der Waals surface area contributed by atoms with Crippen LogP contribution in [0.3, 0.4) is 0 Å². The van der Waals surface area contributed by atoms with Gasteiger partial charge in [0.1, 0.15) is 0 Å². The van der Waals surface area contributed by atoms with E-state index in [1.807, 2.05) is 0 Å². The van der Waals surface area contributed by atoms with E-state index in [1.54, 1.807) is 0 Å². The number of allylic oxidation sites excluding steroid dienone is 1. The minimum atomic E-state index is -0.790. The molecule has 14 heavy (non-hydrogen) atoms. The van der Waals surface area contributed by atoms with Crippen LogP contribution in [0.5, 0.6) is 0 Å². The van der Waals surface area contributed by atoms with Crippen molar-refractivity contribution in [2.24, 2.45) is 0 Å². The Labute approximate surface area is 82.6 Å². The van der Waals surface area contributed by atoms with Gasteiger partial charge in [0.25, 0.3) is 0 Å². The zero-order valence-corrected chi connectivity index (χ0v) is 8.14. The van der Waals surface area contributed by atoms with Gasteiger partial charge in [-0.2, -0.15) is 0 Å². The molecule has 0 heterocycles. The van der Waals surface area contributed by atoms with Gasteiger partial charge >= 0.3 is 5.97 Å². The average Bonchev–Trinajstić information content (AvgIpc) is 2.16. The third-order valence-electron chi connectivity index (χ3n) is 1.69.